The number of amides is 2. The molecule has 2 amide bonds. The summed E-state index contributed by atoms with van der Waals surface area (Å²) in [6.45, 7) is 3.91. The fourth-order valence-electron chi connectivity index (χ4n) is 3.63. The van der Waals surface area contributed by atoms with E-state index in [-0.39, 0.29) is 18.2 Å². The highest BCUT2D eigenvalue weighted by molar-refractivity contribution is 6.04. The van der Waals surface area contributed by atoms with E-state index in [1.54, 1.807) is 35.9 Å². The molecule has 4 rings (SSSR count). The van der Waals surface area contributed by atoms with E-state index >= 15 is 0 Å². The molecule has 1 atom stereocenters. The molecule has 0 saturated carbocycles. The fraction of sp³-hybridized carbons (Fsp3) is 0.217. The van der Waals surface area contributed by atoms with Gasteiger partial charge in [-0.15, -0.1) is 0 Å². The Bertz CT molecular complexity index is 1140. The summed E-state index contributed by atoms with van der Waals surface area (Å²) in [5, 5.41) is 10.1. The van der Waals surface area contributed by atoms with Crippen LogP contribution in [0.4, 0.5) is 11.5 Å². The van der Waals surface area contributed by atoms with Gasteiger partial charge in [-0.2, -0.15) is 5.10 Å². The van der Waals surface area contributed by atoms with Gasteiger partial charge in [0.25, 0.3) is 5.91 Å². The van der Waals surface area contributed by atoms with Crippen LogP contribution in [0.5, 0.6) is 0 Å². The molecule has 8 heteroatoms. The highest BCUT2D eigenvalue weighted by atomic mass is 16.5. The van der Waals surface area contributed by atoms with Crippen molar-refractivity contribution in [3.05, 3.63) is 65.9 Å². The van der Waals surface area contributed by atoms with Gasteiger partial charge in [0.15, 0.2) is 0 Å². The lowest BCUT2D eigenvalue weighted by molar-refractivity contribution is -0.123. The molecule has 0 bridgehead atoms. The van der Waals surface area contributed by atoms with Gasteiger partial charge in [0.2, 0.25) is 5.91 Å². The molecule has 1 aliphatic rings. The van der Waals surface area contributed by atoms with Crippen LogP contribution < -0.4 is 10.6 Å². The van der Waals surface area contributed by atoms with E-state index in [0.29, 0.717) is 23.7 Å². The number of hydrogen-bond acceptors (Lipinski definition) is 5. The largest absolute Gasteiger partial charge is 0.462 e. The van der Waals surface area contributed by atoms with E-state index in [0.717, 1.165) is 16.8 Å². The highest BCUT2D eigenvalue weighted by Crippen LogP contribution is 2.38. The number of nitrogens with zero attached hydrogens (tertiary/aromatic N) is 2. The minimum Gasteiger partial charge on any atom is -0.462 e. The summed E-state index contributed by atoms with van der Waals surface area (Å²) in [4.78, 5) is 36.9. The summed E-state index contributed by atoms with van der Waals surface area (Å²) < 4.78 is 6.53. The van der Waals surface area contributed by atoms with Gasteiger partial charge in [0.05, 0.1) is 24.3 Å². The van der Waals surface area contributed by atoms with Crippen molar-refractivity contribution < 1.29 is 19.1 Å². The van der Waals surface area contributed by atoms with Crippen LogP contribution in [0.15, 0.2) is 54.6 Å². The number of aryl methyl sites for hydroxylation is 1. The average Bonchev–Trinajstić information content (AvgIpc) is 3.23. The summed E-state index contributed by atoms with van der Waals surface area (Å²) in [7, 11) is 0. The van der Waals surface area contributed by atoms with Gasteiger partial charge in [0.1, 0.15) is 11.9 Å². The molecule has 8 nitrogen and oxygen atoms in total. The molecule has 1 aromatic heterocycles. The second-order valence-corrected chi connectivity index (χ2v) is 7.17. The maximum atomic E-state index is 12.6. The first-order valence-electron chi connectivity index (χ1n) is 10.0. The van der Waals surface area contributed by atoms with Crippen LogP contribution in [0.25, 0.3) is 11.1 Å². The number of esters is 1. The maximum absolute atomic E-state index is 12.6. The Morgan fingerprint density at radius 2 is 1.84 bits per heavy atom. The predicted molar refractivity (Wildman–Crippen MR) is 116 cm³/mol. The van der Waals surface area contributed by atoms with Crippen LogP contribution in [0.2, 0.25) is 0 Å². The second-order valence-electron chi connectivity index (χ2n) is 7.17. The third-order valence-electron chi connectivity index (χ3n) is 5.05. The van der Waals surface area contributed by atoms with Gasteiger partial charge in [-0.3, -0.25) is 9.59 Å². The number of ether oxygens (including phenoxy) is 1. The number of nitrogens with one attached hydrogen (secondary N) is 2. The van der Waals surface area contributed by atoms with Gasteiger partial charge in [0, 0.05) is 11.3 Å². The first-order valence-corrected chi connectivity index (χ1v) is 10.0. The van der Waals surface area contributed by atoms with E-state index in [1.807, 2.05) is 37.3 Å². The number of benzene rings is 2. The number of fused-ring (bicyclic) bond motifs is 1. The Hall–Kier alpha value is -3.94. The summed E-state index contributed by atoms with van der Waals surface area (Å²) in [6.07, 6.45) is -0.0617. The molecule has 0 spiro atoms. The Kier molecular flexibility index (Phi) is 5.53. The second kappa shape index (κ2) is 8.43. The zero-order valence-electron chi connectivity index (χ0n) is 17.2. The van der Waals surface area contributed by atoms with Crippen LogP contribution >= 0.6 is 0 Å². The Morgan fingerprint density at radius 3 is 2.52 bits per heavy atom. The van der Waals surface area contributed by atoms with Gasteiger partial charge < -0.3 is 15.4 Å². The molecular weight excluding hydrogens is 396 g/mol. The predicted octanol–water partition coefficient (Wildman–Crippen LogP) is 3.56. The van der Waals surface area contributed by atoms with E-state index in [1.165, 1.54) is 0 Å². The smallest absolute Gasteiger partial charge is 0.338 e. The Morgan fingerprint density at radius 1 is 1.13 bits per heavy atom. The third-order valence-corrected chi connectivity index (χ3v) is 5.05. The summed E-state index contributed by atoms with van der Waals surface area (Å²) in [6, 6.07) is 15.4. The molecule has 1 aliphatic heterocycles. The van der Waals surface area contributed by atoms with Crippen molar-refractivity contribution in [2.45, 2.75) is 26.3 Å². The minimum atomic E-state index is -0.732. The summed E-state index contributed by atoms with van der Waals surface area (Å²) in [5.41, 5.74) is 3.51. The molecule has 31 heavy (non-hydrogen) atoms. The third kappa shape index (κ3) is 4.05. The first-order chi connectivity index (χ1) is 15.0. The first kappa shape index (κ1) is 20.3. The van der Waals surface area contributed by atoms with Crippen LogP contribution in [0, 0.1) is 6.92 Å². The normalized spacial score (nSPS) is 14.6. The SMILES string of the molecule is CCOC(=O)c1ccc(NC(=O)CC2C(=O)Nc3c(-c4ccccc4)c(C)nn32)cc1. The quantitative estimate of drug-likeness (QED) is 0.596. The van der Waals surface area contributed by atoms with Crippen molar-refractivity contribution in [1.82, 2.24) is 9.78 Å². The van der Waals surface area contributed by atoms with E-state index in [2.05, 4.69) is 15.7 Å². The van der Waals surface area contributed by atoms with Crippen molar-refractivity contribution in [2.24, 2.45) is 0 Å². The number of rotatable bonds is 6. The number of hydrogen-bond donors (Lipinski definition) is 2. The molecule has 0 saturated heterocycles. The fourth-order valence-corrected chi connectivity index (χ4v) is 3.63. The lowest BCUT2D eigenvalue weighted by Gasteiger charge is -2.10. The maximum Gasteiger partial charge on any atom is 0.338 e. The molecule has 1 unspecified atom stereocenters. The highest BCUT2D eigenvalue weighted by Gasteiger charge is 2.36. The lowest BCUT2D eigenvalue weighted by Crippen LogP contribution is -2.23. The zero-order chi connectivity index (χ0) is 22.0. The van der Waals surface area contributed by atoms with E-state index < -0.39 is 12.0 Å². The molecule has 158 valence electrons. The van der Waals surface area contributed by atoms with E-state index in [9.17, 15) is 14.4 Å². The zero-order valence-corrected chi connectivity index (χ0v) is 17.2. The van der Waals surface area contributed by atoms with Crippen molar-refractivity contribution in [3.63, 3.8) is 0 Å². The number of anilines is 2. The van der Waals surface area contributed by atoms with Crippen LogP contribution in [0.3, 0.4) is 0 Å². The Balaban J connectivity index is 1.48. The molecular formula is C23H22N4O4. The molecule has 3 aromatic rings. The average molecular weight is 418 g/mol. The van der Waals surface area contributed by atoms with Crippen LogP contribution in [-0.4, -0.2) is 34.2 Å². The van der Waals surface area contributed by atoms with Gasteiger partial charge in [-0.1, -0.05) is 30.3 Å². The van der Waals surface area contributed by atoms with Gasteiger partial charge >= 0.3 is 5.97 Å². The molecule has 2 heterocycles. The van der Waals surface area contributed by atoms with Crippen molar-refractivity contribution in [1.29, 1.82) is 0 Å². The standard InChI is InChI=1S/C23H22N4O4/c1-3-31-23(30)16-9-11-17(12-10-16)24-19(28)13-18-22(29)25-21-20(14(2)26-27(18)21)15-7-5-4-6-8-15/h4-12,18H,3,13H2,1-2H3,(H,24,28)(H,25,29). The summed E-state index contributed by atoms with van der Waals surface area (Å²) in [5.74, 6) is -0.414. The monoisotopic (exact) mass is 418 g/mol. The number of carbonyl (C=O) groups excluding carboxylic acids is 3. The number of carbonyl (C=O) groups is 3. The Labute approximate surface area is 179 Å². The van der Waals surface area contributed by atoms with Gasteiger partial charge in [-0.25, -0.2) is 9.48 Å². The van der Waals surface area contributed by atoms with Crippen molar-refractivity contribution in [2.75, 3.05) is 17.2 Å². The molecule has 0 radical (unpaired) electrons. The van der Waals surface area contributed by atoms with Gasteiger partial charge in [-0.05, 0) is 43.7 Å². The molecule has 2 N–H and O–H groups in total. The van der Waals surface area contributed by atoms with Crippen LogP contribution in [0.1, 0.15) is 35.4 Å². The topological polar surface area (TPSA) is 102 Å². The molecule has 2 aromatic carbocycles. The molecule has 0 aliphatic carbocycles. The van der Waals surface area contributed by atoms with Crippen LogP contribution in [-0.2, 0) is 14.3 Å². The minimum absolute atomic E-state index is 0.0617. The van der Waals surface area contributed by atoms with Crippen molar-refractivity contribution in [3.8, 4) is 11.1 Å². The number of aromatic nitrogens is 2. The lowest BCUT2D eigenvalue weighted by atomic mass is 10.1. The van der Waals surface area contributed by atoms with E-state index in [4.69, 9.17) is 4.74 Å². The van der Waals surface area contributed by atoms with Crippen molar-refractivity contribution >= 4 is 29.3 Å². The molecule has 0 fully saturated rings. The summed E-state index contributed by atoms with van der Waals surface area (Å²) >= 11 is 0.